The van der Waals surface area contributed by atoms with Crippen molar-refractivity contribution in [2.24, 2.45) is 0 Å². The summed E-state index contributed by atoms with van der Waals surface area (Å²) in [5.41, 5.74) is -0.144. The van der Waals surface area contributed by atoms with E-state index in [-0.39, 0.29) is 5.91 Å². The SMILES string of the molecule is CN(CC1(O)CCCC1)C(=O)c1cc(Br)c[nH]1. The molecule has 94 valence electrons. The van der Waals surface area contributed by atoms with Gasteiger partial charge in [-0.2, -0.15) is 0 Å². The zero-order chi connectivity index (χ0) is 12.5. The summed E-state index contributed by atoms with van der Waals surface area (Å²) in [6.07, 6.45) is 5.41. The molecule has 0 saturated heterocycles. The lowest BCUT2D eigenvalue weighted by atomic mass is 10.0. The monoisotopic (exact) mass is 300 g/mol. The number of nitrogens with zero attached hydrogens (tertiary/aromatic N) is 1. The second-order valence-corrected chi connectivity index (χ2v) is 5.74. The van der Waals surface area contributed by atoms with Gasteiger partial charge < -0.3 is 15.0 Å². The molecule has 1 aliphatic carbocycles. The molecule has 0 spiro atoms. The minimum absolute atomic E-state index is 0.0870. The van der Waals surface area contributed by atoms with Gasteiger partial charge in [0.05, 0.1) is 5.60 Å². The third-order valence-corrected chi connectivity index (χ3v) is 3.75. The van der Waals surface area contributed by atoms with Gasteiger partial charge in [-0.15, -0.1) is 0 Å². The van der Waals surface area contributed by atoms with Gasteiger partial charge in [-0.1, -0.05) is 12.8 Å². The highest BCUT2D eigenvalue weighted by Crippen LogP contribution is 2.30. The molecule has 1 saturated carbocycles. The molecule has 0 bridgehead atoms. The minimum atomic E-state index is -0.686. The zero-order valence-electron chi connectivity index (χ0n) is 9.87. The van der Waals surface area contributed by atoms with E-state index in [0.717, 1.165) is 30.2 Å². The van der Waals surface area contributed by atoms with E-state index in [2.05, 4.69) is 20.9 Å². The van der Waals surface area contributed by atoms with Crippen LogP contribution in [0.1, 0.15) is 36.2 Å². The molecule has 1 heterocycles. The van der Waals surface area contributed by atoms with Crippen molar-refractivity contribution in [3.63, 3.8) is 0 Å². The number of carbonyl (C=O) groups excluding carboxylic acids is 1. The Balaban J connectivity index is 2.00. The maximum atomic E-state index is 12.1. The standard InChI is InChI=1S/C12H17BrN2O2/c1-15(8-12(17)4-2-3-5-12)11(16)10-6-9(13)7-14-10/h6-7,14,17H,2-5,8H2,1H3. The summed E-state index contributed by atoms with van der Waals surface area (Å²) < 4.78 is 0.855. The number of likely N-dealkylation sites (N-methyl/N-ethyl adjacent to an activating group) is 1. The number of hydrogen-bond acceptors (Lipinski definition) is 2. The van der Waals surface area contributed by atoms with Gasteiger partial charge in [-0.05, 0) is 34.8 Å². The number of carbonyl (C=O) groups is 1. The van der Waals surface area contributed by atoms with Gasteiger partial charge in [0.15, 0.2) is 0 Å². The highest BCUT2D eigenvalue weighted by atomic mass is 79.9. The first-order chi connectivity index (χ1) is 8.00. The van der Waals surface area contributed by atoms with Gasteiger partial charge in [0, 0.05) is 24.3 Å². The summed E-state index contributed by atoms with van der Waals surface area (Å²) in [7, 11) is 1.73. The first-order valence-electron chi connectivity index (χ1n) is 5.82. The second-order valence-electron chi connectivity index (χ2n) is 4.82. The number of aromatic nitrogens is 1. The van der Waals surface area contributed by atoms with Crippen LogP contribution in [0.5, 0.6) is 0 Å². The topological polar surface area (TPSA) is 56.3 Å². The maximum absolute atomic E-state index is 12.1. The summed E-state index contributed by atoms with van der Waals surface area (Å²) in [5.74, 6) is -0.0870. The lowest BCUT2D eigenvalue weighted by Gasteiger charge is -2.28. The van der Waals surface area contributed by atoms with Gasteiger partial charge in [-0.25, -0.2) is 0 Å². The molecule has 17 heavy (non-hydrogen) atoms. The molecule has 4 nitrogen and oxygen atoms in total. The molecule has 2 rings (SSSR count). The molecule has 0 unspecified atom stereocenters. The Bertz CT molecular complexity index is 410. The van der Waals surface area contributed by atoms with Crippen molar-refractivity contribution in [3.05, 3.63) is 22.4 Å². The third kappa shape index (κ3) is 2.90. The van der Waals surface area contributed by atoms with E-state index in [1.807, 2.05) is 0 Å². The highest BCUT2D eigenvalue weighted by Gasteiger charge is 2.33. The van der Waals surface area contributed by atoms with Crippen LogP contribution in [0.4, 0.5) is 0 Å². The number of rotatable bonds is 3. The number of H-pyrrole nitrogens is 1. The minimum Gasteiger partial charge on any atom is -0.388 e. The summed E-state index contributed by atoms with van der Waals surface area (Å²) >= 11 is 3.30. The first kappa shape index (κ1) is 12.6. The molecule has 1 fully saturated rings. The van der Waals surface area contributed by atoms with E-state index >= 15 is 0 Å². The number of nitrogens with one attached hydrogen (secondary N) is 1. The Labute approximate surface area is 109 Å². The summed E-state index contributed by atoms with van der Waals surface area (Å²) in [4.78, 5) is 16.5. The molecule has 5 heteroatoms. The Morgan fingerprint density at radius 1 is 1.59 bits per heavy atom. The molecule has 0 atom stereocenters. The van der Waals surface area contributed by atoms with Crippen molar-refractivity contribution in [3.8, 4) is 0 Å². The summed E-state index contributed by atoms with van der Waals surface area (Å²) in [6, 6.07) is 1.75. The zero-order valence-corrected chi connectivity index (χ0v) is 11.5. The molecular formula is C12H17BrN2O2. The number of aromatic amines is 1. The van der Waals surface area contributed by atoms with Crippen LogP contribution in [0.3, 0.4) is 0 Å². The molecule has 1 aromatic heterocycles. The second kappa shape index (κ2) is 4.82. The maximum Gasteiger partial charge on any atom is 0.270 e. The van der Waals surface area contributed by atoms with Crippen LogP contribution in [0.25, 0.3) is 0 Å². The van der Waals surface area contributed by atoms with E-state index in [1.54, 1.807) is 24.2 Å². The van der Waals surface area contributed by atoms with Crippen LogP contribution < -0.4 is 0 Å². The van der Waals surface area contributed by atoms with Crippen LogP contribution in [0.15, 0.2) is 16.7 Å². The van der Waals surface area contributed by atoms with Crippen molar-refractivity contribution in [1.82, 2.24) is 9.88 Å². The fourth-order valence-electron chi connectivity index (χ4n) is 2.40. The van der Waals surface area contributed by atoms with E-state index < -0.39 is 5.60 Å². The average Bonchev–Trinajstić information content (AvgIpc) is 2.86. The van der Waals surface area contributed by atoms with Gasteiger partial charge in [0.25, 0.3) is 5.91 Å². The van der Waals surface area contributed by atoms with E-state index in [4.69, 9.17) is 0 Å². The van der Waals surface area contributed by atoms with Gasteiger partial charge in [0.2, 0.25) is 0 Å². The molecule has 1 amide bonds. The van der Waals surface area contributed by atoms with Crippen LogP contribution >= 0.6 is 15.9 Å². The lowest BCUT2D eigenvalue weighted by Crippen LogP contribution is -2.42. The highest BCUT2D eigenvalue weighted by molar-refractivity contribution is 9.10. The van der Waals surface area contributed by atoms with Gasteiger partial charge in [-0.3, -0.25) is 4.79 Å². The molecule has 0 aliphatic heterocycles. The van der Waals surface area contributed by atoms with Gasteiger partial charge >= 0.3 is 0 Å². The number of amides is 1. The van der Waals surface area contributed by atoms with Crippen LogP contribution in [-0.2, 0) is 0 Å². The van der Waals surface area contributed by atoms with E-state index in [0.29, 0.717) is 12.2 Å². The molecule has 1 aliphatic rings. The van der Waals surface area contributed by atoms with Gasteiger partial charge in [0.1, 0.15) is 5.69 Å². The lowest BCUT2D eigenvalue weighted by molar-refractivity contribution is 0.0155. The largest absolute Gasteiger partial charge is 0.388 e. The predicted octanol–water partition coefficient (Wildman–Crippen LogP) is 2.15. The average molecular weight is 301 g/mol. The molecule has 0 aromatic carbocycles. The van der Waals surface area contributed by atoms with Crippen molar-refractivity contribution >= 4 is 21.8 Å². The normalized spacial score (nSPS) is 18.3. The number of hydrogen-bond donors (Lipinski definition) is 2. The predicted molar refractivity (Wildman–Crippen MR) is 68.9 cm³/mol. The fraction of sp³-hybridized carbons (Fsp3) is 0.583. The summed E-state index contributed by atoms with van der Waals surface area (Å²) in [6.45, 7) is 0.405. The number of halogens is 1. The van der Waals surface area contributed by atoms with Crippen molar-refractivity contribution in [1.29, 1.82) is 0 Å². The Morgan fingerprint density at radius 3 is 2.76 bits per heavy atom. The van der Waals surface area contributed by atoms with Crippen LogP contribution in [0, 0.1) is 0 Å². The third-order valence-electron chi connectivity index (χ3n) is 3.29. The molecule has 2 N–H and O–H groups in total. The van der Waals surface area contributed by atoms with Crippen LogP contribution in [0.2, 0.25) is 0 Å². The Kier molecular flexibility index (Phi) is 3.58. The van der Waals surface area contributed by atoms with Crippen molar-refractivity contribution in [2.45, 2.75) is 31.3 Å². The van der Waals surface area contributed by atoms with Crippen molar-refractivity contribution < 1.29 is 9.90 Å². The first-order valence-corrected chi connectivity index (χ1v) is 6.61. The fourth-order valence-corrected chi connectivity index (χ4v) is 2.74. The molecular weight excluding hydrogens is 284 g/mol. The molecule has 0 radical (unpaired) electrons. The van der Waals surface area contributed by atoms with E-state index in [9.17, 15) is 9.90 Å². The van der Waals surface area contributed by atoms with E-state index in [1.165, 1.54) is 0 Å². The number of aliphatic hydroxyl groups is 1. The summed E-state index contributed by atoms with van der Waals surface area (Å²) in [5, 5.41) is 10.2. The van der Waals surface area contributed by atoms with Crippen LogP contribution in [-0.4, -0.2) is 40.1 Å². The molecule has 1 aromatic rings. The Morgan fingerprint density at radius 2 is 2.24 bits per heavy atom. The smallest absolute Gasteiger partial charge is 0.270 e. The quantitative estimate of drug-likeness (QED) is 0.899. The Hall–Kier alpha value is -0.810. The van der Waals surface area contributed by atoms with Crippen molar-refractivity contribution in [2.75, 3.05) is 13.6 Å².